The molecule has 1 aromatic rings. The number of amides is 1. The molecule has 0 saturated carbocycles. The molecule has 1 atom stereocenters. The van der Waals surface area contributed by atoms with Crippen molar-refractivity contribution in [2.24, 2.45) is 0 Å². The van der Waals surface area contributed by atoms with Crippen LogP contribution in [0.5, 0.6) is 0 Å². The molecule has 3 N–H and O–H groups in total. The molecular formula is C13H18N2O3S. The standard InChI is InChI=1S/C13H18N2O3S/c1-8-6-10(4-5-11(8)14)19-7-12(13(17)18-3)15-9(2)16/h4-6,12H,7,14H2,1-3H3,(H,15,16). The molecule has 6 heteroatoms. The largest absolute Gasteiger partial charge is 0.467 e. The monoisotopic (exact) mass is 282 g/mol. The van der Waals surface area contributed by atoms with Crippen LogP contribution in [0.1, 0.15) is 12.5 Å². The van der Waals surface area contributed by atoms with Crippen LogP contribution in [0.25, 0.3) is 0 Å². The van der Waals surface area contributed by atoms with E-state index in [2.05, 4.69) is 10.1 Å². The lowest BCUT2D eigenvalue weighted by Gasteiger charge is -2.15. The summed E-state index contributed by atoms with van der Waals surface area (Å²) in [6, 6.07) is 5.01. The molecule has 1 aromatic carbocycles. The molecule has 0 spiro atoms. The zero-order valence-electron chi connectivity index (χ0n) is 11.2. The number of nitrogens with two attached hydrogens (primary N) is 1. The van der Waals surface area contributed by atoms with Gasteiger partial charge in [0.2, 0.25) is 5.91 Å². The van der Waals surface area contributed by atoms with Crippen LogP contribution in [-0.4, -0.2) is 30.8 Å². The summed E-state index contributed by atoms with van der Waals surface area (Å²) in [5.74, 6) is -0.297. The van der Waals surface area contributed by atoms with Gasteiger partial charge in [-0.2, -0.15) is 0 Å². The summed E-state index contributed by atoms with van der Waals surface area (Å²) in [6.07, 6.45) is 0. The average molecular weight is 282 g/mol. The first-order chi connectivity index (χ1) is 8.93. The first kappa shape index (κ1) is 15.4. The second-order valence-electron chi connectivity index (χ2n) is 4.11. The molecule has 1 rings (SSSR count). The highest BCUT2D eigenvalue weighted by Crippen LogP contribution is 2.23. The van der Waals surface area contributed by atoms with Gasteiger partial charge < -0.3 is 15.8 Å². The van der Waals surface area contributed by atoms with Crippen molar-refractivity contribution in [1.82, 2.24) is 5.32 Å². The number of aryl methyl sites for hydroxylation is 1. The van der Waals surface area contributed by atoms with Crippen LogP contribution in [0.3, 0.4) is 0 Å². The molecule has 0 aliphatic heterocycles. The van der Waals surface area contributed by atoms with Crippen molar-refractivity contribution in [3.05, 3.63) is 23.8 Å². The van der Waals surface area contributed by atoms with E-state index in [0.29, 0.717) is 5.75 Å². The van der Waals surface area contributed by atoms with E-state index in [9.17, 15) is 9.59 Å². The van der Waals surface area contributed by atoms with Gasteiger partial charge in [-0.3, -0.25) is 4.79 Å². The summed E-state index contributed by atoms with van der Waals surface area (Å²) >= 11 is 1.47. The van der Waals surface area contributed by atoms with E-state index in [4.69, 9.17) is 5.73 Å². The smallest absolute Gasteiger partial charge is 0.329 e. The molecule has 0 aromatic heterocycles. The van der Waals surface area contributed by atoms with Crippen molar-refractivity contribution in [3.8, 4) is 0 Å². The van der Waals surface area contributed by atoms with Crippen LogP contribution >= 0.6 is 11.8 Å². The molecule has 0 radical (unpaired) electrons. The molecule has 0 saturated heterocycles. The van der Waals surface area contributed by atoms with Crippen molar-refractivity contribution >= 4 is 29.3 Å². The average Bonchev–Trinajstić information content (AvgIpc) is 2.37. The first-order valence-electron chi connectivity index (χ1n) is 5.78. The topological polar surface area (TPSA) is 81.4 Å². The fourth-order valence-corrected chi connectivity index (χ4v) is 2.48. The van der Waals surface area contributed by atoms with Gasteiger partial charge in [0.05, 0.1) is 7.11 Å². The van der Waals surface area contributed by atoms with E-state index in [1.807, 2.05) is 25.1 Å². The maximum absolute atomic E-state index is 11.5. The number of thioether (sulfide) groups is 1. The van der Waals surface area contributed by atoms with E-state index in [-0.39, 0.29) is 5.91 Å². The SMILES string of the molecule is COC(=O)C(CSc1ccc(N)c(C)c1)NC(C)=O. The molecule has 0 aliphatic rings. The Bertz CT molecular complexity index is 477. The van der Waals surface area contributed by atoms with E-state index in [1.54, 1.807) is 0 Å². The highest BCUT2D eigenvalue weighted by molar-refractivity contribution is 7.99. The molecule has 104 valence electrons. The van der Waals surface area contributed by atoms with Crippen molar-refractivity contribution in [2.45, 2.75) is 24.8 Å². The van der Waals surface area contributed by atoms with Gasteiger partial charge in [0.25, 0.3) is 0 Å². The van der Waals surface area contributed by atoms with E-state index >= 15 is 0 Å². The van der Waals surface area contributed by atoms with Crippen LogP contribution in [0, 0.1) is 6.92 Å². The second kappa shape index (κ2) is 7.04. The number of nitrogen functional groups attached to an aromatic ring is 1. The normalized spacial score (nSPS) is 11.7. The summed E-state index contributed by atoms with van der Waals surface area (Å²) in [6.45, 7) is 3.29. The summed E-state index contributed by atoms with van der Waals surface area (Å²) in [4.78, 5) is 23.6. The van der Waals surface area contributed by atoms with Crippen LogP contribution in [0.2, 0.25) is 0 Å². The number of hydrogen-bond acceptors (Lipinski definition) is 5. The summed E-state index contributed by atoms with van der Waals surface area (Å²) in [7, 11) is 1.30. The Morgan fingerprint density at radius 1 is 1.47 bits per heavy atom. The van der Waals surface area contributed by atoms with Crippen LogP contribution in [-0.2, 0) is 14.3 Å². The van der Waals surface area contributed by atoms with Crippen molar-refractivity contribution in [1.29, 1.82) is 0 Å². The number of nitrogens with one attached hydrogen (secondary N) is 1. The molecule has 1 amide bonds. The lowest BCUT2D eigenvalue weighted by molar-refractivity contribution is -0.144. The Balaban J connectivity index is 2.67. The molecule has 0 aliphatic carbocycles. The lowest BCUT2D eigenvalue weighted by Crippen LogP contribution is -2.42. The number of anilines is 1. The minimum atomic E-state index is -0.648. The predicted octanol–water partition coefficient (Wildman–Crippen LogP) is 1.35. The van der Waals surface area contributed by atoms with Gasteiger partial charge >= 0.3 is 5.97 Å². The number of ether oxygens (including phenoxy) is 1. The van der Waals surface area contributed by atoms with E-state index in [1.165, 1.54) is 25.8 Å². The molecule has 19 heavy (non-hydrogen) atoms. The first-order valence-corrected chi connectivity index (χ1v) is 6.76. The molecule has 0 fully saturated rings. The van der Waals surface area contributed by atoms with Crippen LogP contribution in [0.4, 0.5) is 5.69 Å². The van der Waals surface area contributed by atoms with Gasteiger partial charge in [-0.15, -0.1) is 11.8 Å². The van der Waals surface area contributed by atoms with Crippen molar-refractivity contribution in [3.63, 3.8) is 0 Å². The highest BCUT2D eigenvalue weighted by atomic mass is 32.2. The van der Waals surface area contributed by atoms with Gasteiger partial charge in [-0.1, -0.05) is 0 Å². The van der Waals surface area contributed by atoms with Gasteiger partial charge in [0, 0.05) is 23.3 Å². The third kappa shape index (κ3) is 4.82. The van der Waals surface area contributed by atoms with Crippen molar-refractivity contribution < 1.29 is 14.3 Å². The molecule has 0 bridgehead atoms. The number of esters is 1. The molecule has 0 heterocycles. The summed E-state index contributed by atoms with van der Waals surface area (Å²) < 4.78 is 4.66. The Labute approximate surface area is 116 Å². The van der Waals surface area contributed by atoms with Gasteiger partial charge in [-0.05, 0) is 30.7 Å². The van der Waals surface area contributed by atoms with E-state index in [0.717, 1.165) is 16.1 Å². The third-order valence-electron chi connectivity index (χ3n) is 2.52. The highest BCUT2D eigenvalue weighted by Gasteiger charge is 2.20. The van der Waals surface area contributed by atoms with Gasteiger partial charge in [0.1, 0.15) is 6.04 Å². The second-order valence-corrected chi connectivity index (χ2v) is 5.20. The molecule has 5 nitrogen and oxygen atoms in total. The predicted molar refractivity (Wildman–Crippen MR) is 75.9 cm³/mol. The number of rotatable bonds is 5. The van der Waals surface area contributed by atoms with Gasteiger partial charge in [0.15, 0.2) is 0 Å². The lowest BCUT2D eigenvalue weighted by atomic mass is 10.2. The van der Waals surface area contributed by atoms with Gasteiger partial charge in [-0.25, -0.2) is 4.79 Å². The third-order valence-corrected chi connectivity index (χ3v) is 3.61. The fourth-order valence-electron chi connectivity index (χ4n) is 1.47. The van der Waals surface area contributed by atoms with Crippen molar-refractivity contribution in [2.75, 3.05) is 18.6 Å². The Kier molecular flexibility index (Phi) is 5.69. The summed E-state index contributed by atoms with van der Waals surface area (Å²) in [5, 5.41) is 2.57. The minimum absolute atomic E-state index is 0.260. The number of hydrogen-bond donors (Lipinski definition) is 2. The summed E-state index contributed by atoms with van der Waals surface area (Å²) in [5.41, 5.74) is 7.46. The van der Waals surface area contributed by atoms with E-state index < -0.39 is 12.0 Å². The number of methoxy groups -OCH3 is 1. The van der Waals surface area contributed by atoms with Crippen LogP contribution < -0.4 is 11.1 Å². The Morgan fingerprint density at radius 3 is 2.68 bits per heavy atom. The number of carbonyl (C=O) groups excluding carboxylic acids is 2. The Morgan fingerprint density at radius 2 is 2.16 bits per heavy atom. The molecular weight excluding hydrogens is 264 g/mol. The number of benzene rings is 1. The minimum Gasteiger partial charge on any atom is -0.467 e. The van der Waals surface area contributed by atoms with Crippen LogP contribution in [0.15, 0.2) is 23.1 Å². The molecule has 1 unspecified atom stereocenters. The maximum Gasteiger partial charge on any atom is 0.329 e. The fraction of sp³-hybridized carbons (Fsp3) is 0.385. The Hall–Kier alpha value is -1.69. The quantitative estimate of drug-likeness (QED) is 0.484. The zero-order chi connectivity index (χ0) is 14.4. The number of carbonyl (C=O) groups is 2. The zero-order valence-corrected chi connectivity index (χ0v) is 12.0. The maximum atomic E-state index is 11.5.